The third kappa shape index (κ3) is 3.55. The summed E-state index contributed by atoms with van der Waals surface area (Å²) in [6.45, 7) is 1.86. The molecule has 0 amide bonds. The van der Waals surface area contributed by atoms with Gasteiger partial charge in [0.1, 0.15) is 11.6 Å². The highest BCUT2D eigenvalue weighted by molar-refractivity contribution is 6.36. The number of phenols is 1. The first kappa shape index (κ1) is 15.6. The first-order valence-corrected chi connectivity index (χ1v) is 7.64. The number of rotatable bonds is 3. The van der Waals surface area contributed by atoms with Crippen molar-refractivity contribution in [3.05, 3.63) is 64.3 Å². The fourth-order valence-corrected chi connectivity index (χ4v) is 2.60. The maximum Gasteiger partial charge on any atom is 0.165 e. The molecular formula is C17H13Cl2N3O. The monoisotopic (exact) mass is 345 g/mol. The summed E-state index contributed by atoms with van der Waals surface area (Å²) in [6, 6.07) is 13.9. The molecule has 2 N–H and O–H groups in total. The first-order valence-electron chi connectivity index (χ1n) is 6.89. The second-order valence-electron chi connectivity index (χ2n) is 4.98. The van der Waals surface area contributed by atoms with Crippen LogP contribution in [0.2, 0.25) is 10.0 Å². The average Bonchev–Trinajstić information content (AvgIpc) is 2.50. The van der Waals surface area contributed by atoms with Crippen LogP contribution < -0.4 is 5.32 Å². The van der Waals surface area contributed by atoms with E-state index in [1.165, 1.54) is 0 Å². The van der Waals surface area contributed by atoms with Crippen molar-refractivity contribution in [2.45, 2.75) is 6.92 Å². The van der Waals surface area contributed by atoms with E-state index in [1.54, 1.807) is 42.5 Å². The van der Waals surface area contributed by atoms with Crippen molar-refractivity contribution in [1.82, 2.24) is 9.97 Å². The van der Waals surface area contributed by atoms with Gasteiger partial charge in [0.2, 0.25) is 0 Å². The molecule has 0 bridgehead atoms. The Bertz CT molecular complexity index is 868. The highest BCUT2D eigenvalue weighted by Crippen LogP contribution is 2.30. The summed E-state index contributed by atoms with van der Waals surface area (Å²) in [5.74, 6) is 1.16. The maximum atomic E-state index is 9.97. The van der Waals surface area contributed by atoms with Crippen molar-refractivity contribution in [2.75, 3.05) is 5.32 Å². The summed E-state index contributed by atoms with van der Waals surface area (Å²) in [5, 5.41) is 14.2. The Morgan fingerprint density at radius 2 is 1.78 bits per heavy atom. The number of halogens is 2. The van der Waals surface area contributed by atoms with E-state index in [0.717, 1.165) is 5.69 Å². The van der Waals surface area contributed by atoms with Gasteiger partial charge in [0.25, 0.3) is 0 Å². The highest BCUT2D eigenvalue weighted by atomic mass is 35.5. The van der Waals surface area contributed by atoms with E-state index < -0.39 is 0 Å². The van der Waals surface area contributed by atoms with Crippen LogP contribution in [0.15, 0.2) is 48.5 Å². The number of nitrogens with zero attached hydrogens (tertiary/aromatic N) is 2. The van der Waals surface area contributed by atoms with Gasteiger partial charge in [0.05, 0.1) is 16.3 Å². The van der Waals surface area contributed by atoms with Crippen LogP contribution in [0, 0.1) is 6.92 Å². The van der Waals surface area contributed by atoms with Gasteiger partial charge in [-0.05, 0) is 37.3 Å². The van der Waals surface area contributed by atoms with Crippen molar-refractivity contribution < 1.29 is 5.11 Å². The van der Waals surface area contributed by atoms with E-state index >= 15 is 0 Å². The molecule has 23 heavy (non-hydrogen) atoms. The number of phenolic OH excluding ortho intramolecular Hbond substituents is 1. The lowest BCUT2D eigenvalue weighted by atomic mass is 10.2. The maximum absolute atomic E-state index is 9.97. The molecular weight excluding hydrogens is 333 g/mol. The summed E-state index contributed by atoms with van der Waals surface area (Å²) in [5.41, 5.74) is 2.03. The van der Waals surface area contributed by atoms with Gasteiger partial charge in [-0.2, -0.15) is 0 Å². The van der Waals surface area contributed by atoms with E-state index in [-0.39, 0.29) is 5.75 Å². The van der Waals surface area contributed by atoms with E-state index in [9.17, 15) is 5.11 Å². The third-order valence-electron chi connectivity index (χ3n) is 3.19. The minimum absolute atomic E-state index is 0.133. The van der Waals surface area contributed by atoms with Crippen LogP contribution in [0.5, 0.6) is 5.75 Å². The summed E-state index contributed by atoms with van der Waals surface area (Å²) < 4.78 is 0. The van der Waals surface area contributed by atoms with Gasteiger partial charge in [-0.1, -0.05) is 35.3 Å². The normalized spacial score (nSPS) is 10.6. The lowest BCUT2D eigenvalue weighted by Gasteiger charge is -2.11. The number of para-hydroxylation sites is 1. The van der Waals surface area contributed by atoms with Crippen LogP contribution in [0.4, 0.5) is 11.5 Å². The first-order chi connectivity index (χ1) is 11.0. The molecule has 116 valence electrons. The second-order valence-corrected chi connectivity index (χ2v) is 5.83. The number of hydrogen-bond donors (Lipinski definition) is 2. The molecule has 0 saturated heterocycles. The van der Waals surface area contributed by atoms with Gasteiger partial charge in [0.15, 0.2) is 5.82 Å². The molecule has 0 saturated carbocycles. The van der Waals surface area contributed by atoms with Gasteiger partial charge in [0, 0.05) is 16.8 Å². The van der Waals surface area contributed by atoms with Crippen molar-refractivity contribution in [3.63, 3.8) is 0 Å². The average molecular weight is 346 g/mol. The molecule has 4 nitrogen and oxygen atoms in total. The number of aryl methyl sites for hydroxylation is 1. The van der Waals surface area contributed by atoms with E-state index in [1.807, 2.05) is 13.0 Å². The molecule has 6 heteroatoms. The summed E-state index contributed by atoms with van der Waals surface area (Å²) in [4.78, 5) is 8.83. The molecule has 0 aliphatic rings. The number of nitrogens with one attached hydrogen (secondary N) is 1. The Balaban J connectivity index is 1.99. The zero-order valence-corrected chi connectivity index (χ0v) is 13.7. The van der Waals surface area contributed by atoms with Crippen LogP contribution in [0.1, 0.15) is 5.69 Å². The number of benzene rings is 2. The molecule has 0 radical (unpaired) electrons. The van der Waals surface area contributed by atoms with Crippen LogP contribution in [-0.4, -0.2) is 15.1 Å². The quantitative estimate of drug-likeness (QED) is 0.684. The van der Waals surface area contributed by atoms with Crippen LogP contribution in [0.25, 0.3) is 11.4 Å². The molecule has 3 rings (SSSR count). The predicted molar refractivity (Wildman–Crippen MR) is 93.6 cm³/mol. The molecule has 0 unspecified atom stereocenters. The van der Waals surface area contributed by atoms with Gasteiger partial charge < -0.3 is 10.4 Å². The molecule has 0 spiro atoms. The minimum atomic E-state index is 0.133. The predicted octanol–water partition coefficient (Wildman–Crippen LogP) is 5.21. The van der Waals surface area contributed by atoms with Crippen molar-refractivity contribution in [3.8, 4) is 17.1 Å². The minimum Gasteiger partial charge on any atom is -0.507 e. The Labute approximate surface area is 143 Å². The van der Waals surface area contributed by atoms with Gasteiger partial charge in [-0.3, -0.25) is 0 Å². The fraction of sp³-hybridized carbons (Fsp3) is 0.0588. The molecule has 1 aromatic heterocycles. The zero-order chi connectivity index (χ0) is 16.4. The standard InChI is InChI=1S/C17H13Cl2N3O/c1-10-8-16(21-14-7-6-11(18)9-13(14)19)22-17(20-10)12-4-2-3-5-15(12)23/h2-9,23H,1H3,(H,20,21,22). The Morgan fingerprint density at radius 1 is 1.00 bits per heavy atom. The topological polar surface area (TPSA) is 58.0 Å². The zero-order valence-electron chi connectivity index (χ0n) is 12.2. The fourth-order valence-electron chi connectivity index (χ4n) is 2.14. The summed E-state index contributed by atoms with van der Waals surface area (Å²) >= 11 is 12.1. The molecule has 1 heterocycles. The SMILES string of the molecule is Cc1cc(Nc2ccc(Cl)cc2Cl)nc(-c2ccccc2O)n1. The van der Waals surface area contributed by atoms with E-state index in [2.05, 4.69) is 15.3 Å². The van der Waals surface area contributed by atoms with Gasteiger partial charge in [-0.15, -0.1) is 0 Å². The largest absolute Gasteiger partial charge is 0.507 e. The number of hydrogen-bond acceptors (Lipinski definition) is 4. The number of aromatic hydroxyl groups is 1. The van der Waals surface area contributed by atoms with Crippen LogP contribution in [0.3, 0.4) is 0 Å². The van der Waals surface area contributed by atoms with Gasteiger partial charge >= 0.3 is 0 Å². The van der Waals surface area contributed by atoms with Crippen LogP contribution in [-0.2, 0) is 0 Å². The van der Waals surface area contributed by atoms with E-state index in [0.29, 0.717) is 32.9 Å². The van der Waals surface area contributed by atoms with Gasteiger partial charge in [-0.25, -0.2) is 9.97 Å². The summed E-state index contributed by atoms with van der Waals surface area (Å²) in [6.07, 6.45) is 0. The summed E-state index contributed by atoms with van der Waals surface area (Å²) in [7, 11) is 0. The lowest BCUT2D eigenvalue weighted by Crippen LogP contribution is -1.99. The Morgan fingerprint density at radius 3 is 2.52 bits per heavy atom. The Kier molecular flexibility index (Phi) is 4.37. The molecule has 0 aliphatic heterocycles. The molecule has 0 atom stereocenters. The van der Waals surface area contributed by atoms with Crippen LogP contribution >= 0.6 is 23.2 Å². The smallest absolute Gasteiger partial charge is 0.165 e. The molecule has 0 aliphatic carbocycles. The molecule has 2 aromatic carbocycles. The van der Waals surface area contributed by atoms with Crippen molar-refractivity contribution in [1.29, 1.82) is 0 Å². The Hall–Kier alpha value is -2.30. The van der Waals surface area contributed by atoms with Crippen molar-refractivity contribution >= 4 is 34.7 Å². The van der Waals surface area contributed by atoms with E-state index in [4.69, 9.17) is 23.2 Å². The number of anilines is 2. The molecule has 3 aromatic rings. The second kappa shape index (κ2) is 6.44. The number of aromatic nitrogens is 2. The highest BCUT2D eigenvalue weighted by Gasteiger charge is 2.10. The molecule has 0 fully saturated rings. The lowest BCUT2D eigenvalue weighted by molar-refractivity contribution is 0.477. The third-order valence-corrected chi connectivity index (χ3v) is 3.74. The van der Waals surface area contributed by atoms with Crippen molar-refractivity contribution in [2.24, 2.45) is 0 Å².